The zero-order valence-corrected chi connectivity index (χ0v) is 10.6. The SMILES string of the molecule is COc1cc(N)cc(N2CCSCC2C)c1. The van der Waals surface area contributed by atoms with E-state index in [1.807, 2.05) is 23.9 Å². The van der Waals surface area contributed by atoms with Gasteiger partial charge in [-0.25, -0.2) is 0 Å². The summed E-state index contributed by atoms with van der Waals surface area (Å²) in [5.74, 6) is 3.19. The van der Waals surface area contributed by atoms with Crippen molar-refractivity contribution in [1.82, 2.24) is 0 Å². The van der Waals surface area contributed by atoms with Crippen molar-refractivity contribution in [2.45, 2.75) is 13.0 Å². The van der Waals surface area contributed by atoms with Crippen LogP contribution in [-0.4, -0.2) is 31.2 Å². The molecule has 1 atom stereocenters. The quantitative estimate of drug-likeness (QED) is 0.802. The molecule has 0 amide bonds. The summed E-state index contributed by atoms with van der Waals surface area (Å²) < 4.78 is 5.25. The molecule has 0 spiro atoms. The fourth-order valence-electron chi connectivity index (χ4n) is 2.00. The van der Waals surface area contributed by atoms with Gasteiger partial charge in [-0.05, 0) is 13.0 Å². The van der Waals surface area contributed by atoms with E-state index >= 15 is 0 Å². The maximum atomic E-state index is 5.88. The number of rotatable bonds is 2. The molecule has 88 valence electrons. The van der Waals surface area contributed by atoms with Crippen LogP contribution in [-0.2, 0) is 0 Å². The number of anilines is 2. The number of hydrogen-bond acceptors (Lipinski definition) is 4. The predicted octanol–water partition coefficient (Wildman–Crippen LogP) is 2.22. The molecule has 16 heavy (non-hydrogen) atoms. The molecule has 1 heterocycles. The summed E-state index contributed by atoms with van der Waals surface area (Å²) in [4.78, 5) is 2.40. The molecule has 3 nitrogen and oxygen atoms in total. The van der Waals surface area contributed by atoms with E-state index in [9.17, 15) is 0 Å². The highest BCUT2D eigenvalue weighted by molar-refractivity contribution is 7.99. The molecule has 2 rings (SSSR count). The van der Waals surface area contributed by atoms with Gasteiger partial charge in [-0.3, -0.25) is 0 Å². The first-order valence-corrected chi connectivity index (χ1v) is 6.65. The Bertz CT molecular complexity index is 370. The Morgan fingerprint density at radius 1 is 1.44 bits per heavy atom. The Kier molecular flexibility index (Phi) is 3.49. The molecule has 1 aliphatic heterocycles. The molecule has 0 bridgehead atoms. The van der Waals surface area contributed by atoms with Crippen LogP contribution in [0.4, 0.5) is 11.4 Å². The van der Waals surface area contributed by atoms with Crippen LogP contribution in [0.15, 0.2) is 18.2 Å². The molecule has 1 aromatic carbocycles. The Morgan fingerprint density at radius 3 is 2.94 bits per heavy atom. The van der Waals surface area contributed by atoms with Crippen LogP contribution in [0.2, 0.25) is 0 Å². The number of ether oxygens (including phenoxy) is 1. The summed E-state index contributed by atoms with van der Waals surface area (Å²) >= 11 is 2.01. The molecule has 1 fully saturated rings. The van der Waals surface area contributed by atoms with Crippen LogP contribution < -0.4 is 15.4 Å². The van der Waals surface area contributed by atoms with E-state index in [0.29, 0.717) is 6.04 Å². The molecule has 0 saturated carbocycles. The van der Waals surface area contributed by atoms with E-state index < -0.39 is 0 Å². The fourth-order valence-corrected chi connectivity index (χ4v) is 3.01. The first-order chi connectivity index (χ1) is 7.70. The second kappa shape index (κ2) is 4.87. The minimum atomic E-state index is 0.560. The molecule has 4 heteroatoms. The van der Waals surface area contributed by atoms with E-state index in [1.54, 1.807) is 7.11 Å². The number of nitrogen functional groups attached to an aromatic ring is 1. The van der Waals surface area contributed by atoms with Gasteiger partial charge in [0.05, 0.1) is 7.11 Å². The smallest absolute Gasteiger partial charge is 0.122 e. The number of methoxy groups -OCH3 is 1. The number of hydrogen-bond donors (Lipinski definition) is 1. The van der Waals surface area contributed by atoms with Gasteiger partial charge in [0.1, 0.15) is 5.75 Å². The molecule has 1 aliphatic rings. The van der Waals surface area contributed by atoms with Gasteiger partial charge in [0.25, 0.3) is 0 Å². The third kappa shape index (κ3) is 2.38. The summed E-state index contributed by atoms with van der Waals surface area (Å²) in [6, 6.07) is 6.50. The fraction of sp³-hybridized carbons (Fsp3) is 0.500. The van der Waals surface area contributed by atoms with Crippen LogP contribution in [0.5, 0.6) is 5.75 Å². The van der Waals surface area contributed by atoms with E-state index in [2.05, 4.69) is 17.9 Å². The average Bonchev–Trinajstić information content (AvgIpc) is 2.28. The lowest BCUT2D eigenvalue weighted by atomic mass is 10.2. The van der Waals surface area contributed by atoms with Gasteiger partial charge in [0.15, 0.2) is 0 Å². The van der Waals surface area contributed by atoms with E-state index in [-0.39, 0.29) is 0 Å². The van der Waals surface area contributed by atoms with E-state index in [4.69, 9.17) is 10.5 Å². The van der Waals surface area contributed by atoms with Crippen molar-refractivity contribution in [2.24, 2.45) is 0 Å². The van der Waals surface area contributed by atoms with Gasteiger partial charge in [-0.2, -0.15) is 11.8 Å². The Morgan fingerprint density at radius 2 is 2.25 bits per heavy atom. The van der Waals surface area contributed by atoms with Gasteiger partial charge in [-0.1, -0.05) is 0 Å². The molecule has 1 aromatic rings. The van der Waals surface area contributed by atoms with Crippen LogP contribution in [0, 0.1) is 0 Å². The summed E-state index contributed by atoms with van der Waals surface area (Å²) in [7, 11) is 1.67. The lowest BCUT2D eigenvalue weighted by Gasteiger charge is -2.35. The Hall–Kier alpha value is -1.03. The first kappa shape index (κ1) is 11.5. The Balaban J connectivity index is 2.27. The van der Waals surface area contributed by atoms with E-state index in [0.717, 1.165) is 18.0 Å². The number of benzene rings is 1. The highest BCUT2D eigenvalue weighted by Crippen LogP contribution is 2.29. The van der Waals surface area contributed by atoms with Gasteiger partial charge in [0, 0.05) is 47.6 Å². The van der Waals surface area contributed by atoms with Crippen molar-refractivity contribution < 1.29 is 4.74 Å². The lowest BCUT2D eigenvalue weighted by Crippen LogP contribution is -2.40. The lowest BCUT2D eigenvalue weighted by molar-refractivity contribution is 0.415. The number of nitrogens with zero attached hydrogens (tertiary/aromatic N) is 1. The average molecular weight is 238 g/mol. The molecule has 0 radical (unpaired) electrons. The molecule has 0 aliphatic carbocycles. The van der Waals surface area contributed by atoms with Crippen molar-refractivity contribution in [3.63, 3.8) is 0 Å². The van der Waals surface area contributed by atoms with E-state index in [1.165, 1.54) is 17.2 Å². The summed E-state index contributed by atoms with van der Waals surface area (Å²) in [6.45, 7) is 3.33. The first-order valence-electron chi connectivity index (χ1n) is 5.49. The monoisotopic (exact) mass is 238 g/mol. The molecule has 2 N–H and O–H groups in total. The standard InChI is InChI=1S/C12H18N2OS/c1-9-8-16-4-3-14(9)11-5-10(13)6-12(7-11)15-2/h5-7,9H,3-4,8,13H2,1-2H3. The predicted molar refractivity (Wildman–Crippen MR) is 71.5 cm³/mol. The molecule has 0 aromatic heterocycles. The normalized spacial score (nSPS) is 20.9. The van der Waals surface area contributed by atoms with Gasteiger partial charge < -0.3 is 15.4 Å². The molecule has 1 saturated heterocycles. The highest BCUT2D eigenvalue weighted by atomic mass is 32.2. The van der Waals surface area contributed by atoms with Gasteiger partial charge in [-0.15, -0.1) is 0 Å². The maximum absolute atomic E-state index is 5.88. The zero-order valence-electron chi connectivity index (χ0n) is 9.77. The second-order valence-corrected chi connectivity index (χ2v) is 5.23. The second-order valence-electron chi connectivity index (χ2n) is 4.08. The van der Waals surface area contributed by atoms with Gasteiger partial charge in [0.2, 0.25) is 0 Å². The molecular formula is C12H18N2OS. The van der Waals surface area contributed by atoms with Crippen molar-refractivity contribution in [3.8, 4) is 5.75 Å². The van der Waals surface area contributed by atoms with Crippen LogP contribution in [0.1, 0.15) is 6.92 Å². The third-order valence-corrected chi connectivity index (χ3v) is 4.04. The van der Waals surface area contributed by atoms with Crippen LogP contribution in [0.3, 0.4) is 0 Å². The molecule has 1 unspecified atom stereocenters. The number of thioether (sulfide) groups is 1. The minimum Gasteiger partial charge on any atom is -0.497 e. The summed E-state index contributed by atoms with van der Waals surface area (Å²) in [6.07, 6.45) is 0. The molecular weight excluding hydrogens is 220 g/mol. The third-order valence-electron chi connectivity index (χ3n) is 2.85. The Labute approximate surface area is 101 Å². The zero-order chi connectivity index (χ0) is 11.5. The van der Waals surface area contributed by atoms with Crippen molar-refractivity contribution in [2.75, 3.05) is 35.8 Å². The van der Waals surface area contributed by atoms with Crippen molar-refractivity contribution in [1.29, 1.82) is 0 Å². The van der Waals surface area contributed by atoms with Crippen LogP contribution in [0.25, 0.3) is 0 Å². The summed E-state index contributed by atoms with van der Waals surface area (Å²) in [5, 5.41) is 0. The largest absolute Gasteiger partial charge is 0.497 e. The maximum Gasteiger partial charge on any atom is 0.122 e. The number of nitrogens with two attached hydrogens (primary N) is 1. The van der Waals surface area contributed by atoms with Gasteiger partial charge >= 0.3 is 0 Å². The van der Waals surface area contributed by atoms with Crippen molar-refractivity contribution >= 4 is 23.1 Å². The van der Waals surface area contributed by atoms with Crippen LogP contribution >= 0.6 is 11.8 Å². The van der Waals surface area contributed by atoms with Crippen molar-refractivity contribution in [3.05, 3.63) is 18.2 Å². The summed E-state index contributed by atoms with van der Waals surface area (Å²) in [5.41, 5.74) is 7.81. The topological polar surface area (TPSA) is 38.5 Å². The highest BCUT2D eigenvalue weighted by Gasteiger charge is 2.19. The minimum absolute atomic E-state index is 0.560.